The van der Waals surface area contributed by atoms with Gasteiger partial charge in [-0.3, -0.25) is 9.88 Å². The molecule has 4 aromatic carbocycles. The number of para-hydroxylation sites is 1. The molecule has 5 heteroatoms. The predicted octanol–water partition coefficient (Wildman–Crippen LogP) is 10.2. The van der Waals surface area contributed by atoms with Crippen LogP contribution in [0, 0.1) is 0 Å². The molecule has 8 rings (SSSR count). The Kier molecular flexibility index (Phi) is 5.70. The topological polar surface area (TPSA) is 42.2 Å². The number of pyridine rings is 2. The van der Waals surface area contributed by atoms with E-state index < -0.39 is 6.17 Å². The van der Waals surface area contributed by atoms with Gasteiger partial charge in [0.25, 0.3) is 0 Å². The average molecular weight is 562 g/mol. The number of hydrogen-bond donors (Lipinski definition) is 0. The third-order valence-electron chi connectivity index (χ3n) is 8.66. The zero-order valence-electron chi connectivity index (χ0n) is 23.8. The molecule has 1 unspecified atom stereocenters. The van der Waals surface area contributed by atoms with Gasteiger partial charge in [-0.05, 0) is 70.8 Å². The fourth-order valence-electron chi connectivity index (χ4n) is 6.53. The Labute approximate surface area is 249 Å². The van der Waals surface area contributed by atoms with Gasteiger partial charge in [0, 0.05) is 28.8 Å². The van der Waals surface area contributed by atoms with Crippen molar-refractivity contribution < 1.29 is 8.81 Å². The summed E-state index contributed by atoms with van der Waals surface area (Å²) >= 11 is 0. The van der Waals surface area contributed by atoms with Crippen molar-refractivity contribution in [1.82, 2.24) is 9.97 Å². The summed E-state index contributed by atoms with van der Waals surface area (Å²) in [4.78, 5) is 11.4. The summed E-state index contributed by atoms with van der Waals surface area (Å²) in [5.74, 6) is 0.767. The van der Waals surface area contributed by atoms with Crippen molar-refractivity contribution in [2.24, 2.45) is 0 Å². The number of furan rings is 1. The zero-order chi connectivity index (χ0) is 29.1. The molecule has 0 fully saturated rings. The van der Waals surface area contributed by atoms with Gasteiger partial charge >= 0.3 is 0 Å². The van der Waals surface area contributed by atoms with E-state index in [4.69, 9.17) is 9.40 Å². The monoisotopic (exact) mass is 561 g/mol. The van der Waals surface area contributed by atoms with Gasteiger partial charge in [0.05, 0.1) is 22.5 Å². The van der Waals surface area contributed by atoms with Crippen LogP contribution in [-0.2, 0) is 5.41 Å². The molecule has 1 aliphatic heterocycles. The molecule has 0 saturated carbocycles. The summed E-state index contributed by atoms with van der Waals surface area (Å²) in [5, 5.41) is 2.07. The van der Waals surface area contributed by atoms with Gasteiger partial charge in [-0.25, -0.2) is 9.37 Å². The minimum Gasteiger partial charge on any atom is -0.456 e. The average Bonchev–Trinajstić information content (AvgIpc) is 3.44. The minimum atomic E-state index is -1.32. The lowest BCUT2D eigenvalue weighted by Gasteiger charge is -2.42. The van der Waals surface area contributed by atoms with Gasteiger partial charge in [0.2, 0.25) is 0 Å². The Balaban J connectivity index is 1.34. The van der Waals surface area contributed by atoms with Crippen LogP contribution in [0.25, 0.3) is 33.2 Å². The van der Waals surface area contributed by atoms with Crippen LogP contribution in [0.2, 0.25) is 0 Å². The predicted molar refractivity (Wildman–Crippen MR) is 171 cm³/mol. The van der Waals surface area contributed by atoms with E-state index in [1.165, 1.54) is 0 Å². The quantitative estimate of drug-likeness (QED) is 0.214. The molecular weight excluding hydrogens is 533 g/mol. The summed E-state index contributed by atoms with van der Waals surface area (Å²) < 4.78 is 22.8. The molecule has 0 spiro atoms. The Morgan fingerprint density at radius 3 is 2.28 bits per heavy atom. The molecular formula is C38H28FN3O. The lowest BCUT2D eigenvalue weighted by atomic mass is 9.72. The highest BCUT2D eigenvalue weighted by Gasteiger charge is 2.39. The Morgan fingerprint density at radius 2 is 1.47 bits per heavy atom. The number of nitrogens with zero attached hydrogens (tertiary/aromatic N) is 3. The van der Waals surface area contributed by atoms with Gasteiger partial charge in [-0.2, -0.15) is 0 Å². The van der Waals surface area contributed by atoms with Crippen molar-refractivity contribution in [2.45, 2.75) is 25.4 Å². The van der Waals surface area contributed by atoms with Crippen molar-refractivity contribution in [3.63, 3.8) is 0 Å². The summed E-state index contributed by atoms with van der Waals surface area (Å²) in [6.45, 7) is 4.47. The second-order valence-electron chi connectivity index (χ2n) is 11.6. The highest BCUT2D eigenvalue weighted by atomic mass is 19.1. The number of halogens is 1. The molecule has 0 bridgehead atoms. The van der Waals surface area contributed by atoms with Crippen molar-refractivity contribution in [3.8, 4) is 11.3 Å². The van der Waals surface area contributed by atoms with Crippen LogP contribution in [0.3, 0.4) is 0 Å². The maximum absolute atomic E-state index is 16.5. The van der Waals surface area contributed by atoms with Crippen molar-refractivity contribution in [2.75, 3.05) is 4.90 Å². The maximum atomic E-state index is 16.5. The third-order valence-corrected chi connectivity index (χ3v) is 8.66. The number of aromatic nitrogens is 2. The molecule has 0 amide bonds. The van der Waals surface area contributed by atoms with Gasteiger partial charge in [0.1, 0.15) is 17.0 Å². The Hall–Kier alpha value is -5.29. The highest BCUT2D eigenvalue weighted by molar-refractivity contribution is 6.15. The largest absolute Gasteiger partial charge is 0.456 e. The molecule has 4 nitrogen and oxygen atoms in total. The molecule has 208 valence electrons. The van der Waals surface area contributed by atoms with Crippen LogP contribution < -0.4 is 4.90 Å². The number of benzene rings is 4. The third kappa shape index (κ3) is 3.96. The first-order chi connectivity index (χ1) is 21.0. The number of alkyl halides is 1. The molecule has 0 saturated heterocycles. The lowest BCUT2D eigenvalue weighted by molar-refractivity contribution is 0.402. The molecule has 4 heterocycles. The maximum Gasteiger partial charge on any atom is 0.150 e. The number of anilines is 3. The summed E-state index contributed by atoms with van der Waals surface area (Å²) in [6.07, 6.45) is 2.23. The first kappa shape index (κ1) is 25.4. The SMILES string of the molecule is CC1(C)c2ccc(C(F)c3cccc(-c4ccccn4)c3)cc2N(c2ccccn2)c2c1ccc1oc3ccccc3c21. The fourth-order valence-corrected chi connectivity index (χ4v) is 6.53. The molecule has 43 heavy (non-hydrogen) atoms. The number of hydrogen-bond acceptors (Lipinski definition) is 4. The molecule has 1 atom stereocenters. The molecule has 7 aromatic rings. The van der Waals surface area contributed by atoms with Crippen molar-refractivity contribution in [1.29, 1.82) is 0 Å². The van der Waals surface area contributed by atoms with E-state index in [0.29, 0.717) is 11.1 Å². The summed E-state index contributed by atoms with van der Waals surface area (Å²) in [5.41, 5.74) is 8.37. The van der Waals surface area contributed by atoms with Crippen LogP contribution in [0.5, 0.6) is 0 Å². The van der Waals surface area contributed by atoms with Crippen LogP contribution in [-0.4, -0.2) is 9.97 Å². The van der Waals surface area contributed by atoms with E-state index in [9.17, 15) is 0 Å². The van der Waals surface area contributed by atoms with Gasteiger partial charge in [0.15, 0.2) is 6.17 Å². The fraction of sp³-hybridized carbons (Fsp3) is 0.105. The van der Waals surface area contributed by atoms with Crippen molar-refractivity contribution in [3.05, 3.63) is 150 Å². The van der Waals surface area contributed by atoms with E-state index >= 15 is 4.39 Å². The van der Waals surface area contributed by atoms with Gasteiger partial charge < -0.3 is 4.42 Å². The molecule has 1 aliphatic rings. The first-order valence-electron chi connectivity index (χ1n) is 14.5. The number of fused-ring (bicyclic) bond motifs is 6. The smallest absolute Gasteiger partial charge is 0.150 e. The lowest BCUT2D eigenvalue weighted by Crippen LogP contribution is -2.31. The van der Waals surface area contributed by atoms with Crippen LogP contribution in [0.4, 0.5) is 21.6 Å². The summed E-state index contributed by atoms with van der Waals surface area (Å²) in [6, 6.07) is 37.6. The van der Waals surface area contributed by atoms with Gasteiger partial charge in [-0.1, -0.05) is 80.6 Å². The van der Waals surface area contributed by atoms with E-state index in [0.717, 1.165) is 61.5 Å². The Bertz CT molecular complexity index is 2140. The van der Waals surface area contributed by atoms with Gasteiger partial charge in [-0.15, -0.1) is 0 Å². The molecule has 0 N–H and O–H groups in total. The normalized spacial score (nSPS) is 14.4. The zero-order valence-corrected chi connectivity index (χ0v) is 23.8. The van der Waals surface area contributed by atoms with Crippen LogP contribution in [0.15, 0.2) is 132 Å². The summed E-state index contributed by atoms with van der Waals surface area (Å²) in [7, 11) is 0. The van der Waals surface area contributed by atoms with E-state index in [1.807, 2.05) is 91.0 Å². The van der Waals surface area contributed by atoms with E-state index in [-0.39, 0.29) is 5.41 Å². The minimum absolute atomic E-state index is 0.355. The highest BCUT2D eigenvalue weighted by Crippen LogP contribution is 2.55. The second kappa shape index (κ2) is 9.63. The standard InChI is InChI=1S/C38H28FN3O/c1-38(2)28-17-16-26(36(39)25-11-9-10-24(22-25)30-13-5-7-20-40-30)23-31(28)42(34-15-6-8-21-41-34)37-29(38)18-19-33-35(37)27-12-3-4-14-32(27)43-33/h3-23,36H,1-2H3. The van der Waals surface area contributed by atoms with E-state index in [1.54, 1.807) is 12.4 Å². The molecule has 0 aliphatic carbocycles. The molecule has 0 radical (unpaired) electrons. The first-order valence-corrected chi connectivity index (χ1v) is 14.5. The van der Waals surface area contributed by atoms with Crippen molar-refractivity contribution >= 4 is 39.1 Å². The van der Waals surface area contributed by atoms with Crippen LogP contribution in [0.1, 0.15) is 42.3 Å². The van der Waals surface area contributed by atoms with Crippen LogP contribution >= 0.6 is 0 Å². The molecule has 3 aromatic heterocycles. The van der Waals surface area contributed by atoms with E-state index in [2.05, 4.69) is 48.0 Å². The second-order valence-corrected chi connectivity index (χ2v) is 11.6. The Morgan fingerprint density at radius 1 is 0.698 bits per heavy atom. The number of rotatable bonds is 4.